The Hall–Kier alpha value is -1.59. The average Bonchev–Trinajstić information content (AvgIpc) is 2.94. The highest BCUT2D eigenvalue weighted by atomic mass is 16.3. The second-order valence-corrected chi connectivity index (χ2v) is 6.36. The molecule has 1 amide bonds. The van der Waals surface area contributed by atoms with Gasteiger partial charge in [-0.3, -0.25) is 9.69 Å². The maximum absolute atomic E-state index is 12.0. The number of carbonyl (C=O) groups excluding carboxylic acids is 1. The van der Waals surface area contributed by atoms with Crippen LogP contribution in [0, 0.1) is 5.92 Å². The van der Waals surface area contributed by atoms with Crippen molar-refractivity contribution >= 4 is 11.6 Å². The van der Waals surface area contributed by atoms with E-state index in [9.17, 15) is 9.90 Å². The van der Waals surface area contributed by atoms with Gasteiger partial charge in [-0.15, -0.1) is 0 Å². The number of anilines is 1. The fourth-order valence-corrected chi connectivity index (χ4v) is 2.77. The van der Waals surface area contributed by atoms with Crippen LogP contribution >= 0.6 is 0 Å². The lowest BCUT2D eigenvalue weighted by atomic mass is 10.0. The third-order valence-corrected chi connectivity index (χ3v) is 4.30. The Balaban J connectivity index is 1.74. The van der Waals surface area contributed by atoms with Gasteiger partial charge in [0.2, 0.25) is 5.91 Å². The number of amides is 1. The van der Waals surface area contributed by atoms with Crippen molar-refractivity contribution in [1.82, 2.24) is 10.2 Å². The molecule has 0 aliphatic carbocycles. The van der Waals surface area contributed by atoms with Crippen molar-refractivity contribution in [3.63, 3.8) is 0 Å². The Morgan fingerprint density at radius 3 is 2.64 bits per heavy atom. The number of rotatable bonds is 6. The van der Waals surface area contributed by atoms with E-state index in [1.54, 1.807) is 0 Å². The number of aliphatic hydroxyl groups excluding tert-OH is 1. The molecule has 1 aromatic carbocycles. The van der Waals surface area contributed by atoms with Crippen molar-refractivity contribution in [3.05, 3.63) is 29.8 Å². The molecule has 0 radical (unpaired) electrons. The van der Waals surface area contributed by atoms with Gasteiger partial charge in [0.05, 0.1) is 12.6 Å². The van der Waals surface area contributed by atoms with Crippen LogP contribution < -0.4 is 10.2 Å². The van der Waals surface area contributed by atoms with Crippen molar-refractivity contribution in [2.75, 3.05) is 38.6 Å². The monoisotopic (exact) mass is 305 g/mol. The third-order valence-electron chi connectivity index (χ3n) is 4.30. The number of benzene rings is 1. The summed E-state index contributed by atoms with van der Waals surface area (Å²) in [5, 5.41) is 12.5. The second kappa shape index (κ2) is 7.61. The molecule has 2 rings (SSSR count). The zero-order valence-corrected chi connectivity index (χ0v) is 13.7. The van der Waals surface area contributed by atoms with Crippen molar-refractivity contribution in [1.29, 1.82) is 0 Å². The van der Waals surface area contributed by atoms with Crippen molar-refractivity contribution < 1.29 is 9.90 Å². The van der Waals surface area contributed by atoms with Gasteiger partial charge in [-0.1, -0.05) is 12.1 Å². The fraction of sp³-hybridized carbons (Fsp3) is 0.588. The van der Waals surface area contributed by atoms with Crippen LogP contribution in [0.3, 0.4) is 0 Å². The van der Waals surface area contributed by atoms with Crippen LogP contribution in [0.1, 0.15) is 18.9 Å². The molecule has 2 atom stereocenters. The minimum Gasteiger partial charge on any atom is -0.393 e. The minimum absolute atomic E-state index is 0.0444. The SMILES string of the molecule is CC(O)C1CCN(CC(=O)NCc2ccc(N(C)C)cc2)C1. The molecule has 1 aromatic rings. The van der Waals surface area contributed by atoms with E-state index in [2.05, 4.69) is 22.3 Å². The van der Waals surface area contributed by atoms with Crippen LogP contribution in [0.25, 0.3) is 0 Å². The van der Waals surface area contributed by atoms with Gasteiger partial charge in [-0.2, -0.15) is 0 Å². The molecule has 1 aliphatic rings. The van der Waals surface area contributed by atoms with Crippen LogP contribution in [-0.4, -0.2) is 55.7 Å². The van der Waals surface area contributed by atoms with Gasteiger partial charge in [0.15, 0.2) is 0 Å². The first kappa shape index (κ1) is 16.8. The lowest BCUT2D eigenvalue weighted by Crippen LogP contribution is -2.36. The highest BCUT2D eigenvalue weighted by Gasteiger charge is 2.26. The summed E-state index contributed by atoms with van der Waals surface area (Å²) in [5.74, 6) is 0.342. The summed E-state index contributed by atoms with van der Waals surface area (Å²) in [6, 6.07) is 8.17. The molecule has 1 heterocycles. The van der Waals surface area contributed by atoms with Gasteiger partial charge in [-0.25, -0.2) is 0 Å². The van der Waals surface area contributed by atoms with E-state index in [4.69, 9.17) is 0 Å². The summed E-state index contributed by atoms with van der Waals surface area (Å²) in [6.07, 6.45) is 0.681. The predicted molar refractivity (Wildman–Crippen MR) is 88.8 cm³/mol. The quantitative estimate of drug-likeness (QED) is 0.825. The van der Waals surface area contributed by atoms with Crippen LogP contribution in [0.4, 0.5) is 5.69 Å². The van der Waals surface area contributed by atoms with Gasteiger partial charge in [0.1, 0.15) is 0 Å². The number of hydrogen-bond donors (Lipinski definition) is 2. The van der Waals surface area contributed by atoms with Gasteiger partial charge >= 0.3 is 0 Å². The first-order chi connectivity index (χ1) is 10.5. The van der Waals surface area contributed by atoms with Gasteiger partial charge < -0.3 is 15.3 Å². The fourth-order valence-electron chi connectivity index (χ4n) is 2.77. The van der Waals surface area contributed by atoms with Gasteiger partial charge in [-0.05, 0) is 43.5 Å². The van der Waals surface area contributed by atoms with E-state index in [-0.39, 0.29) is 12.0 Å². The standard InChI is InChI=1S/C17H27N3O2/c1-13(21)15-8-9-20(11-15)12-17(22)18-10-14-4-6-16(7-5-14)19(2)3/h4-7,13,15,21H,8-12H2,1-3H3,(H,18,22). The van der Waals surface area contributed by atoms with Crippen LogP contribution in [0.15, 0.2) is 24.3 Å². The van der Waals surface area contributed by atoms with E-state index < -0.39 is 0 Å². The Bertz CT molecular complexity index is 485. The number of hydrogen-bond acceptors (Lipinski definition) is 4. The zero-order valence-electron chi connectivity index (χ0n) is 13.7. The molecule has 1 fully saturated rings. The molecule has 2 N–H and O–H groups in total. The molecular weight excluding hydrogens is 278 g/mol. The van der Waals surface area contributed by atoms with E-state index in [1.165, 1.54) is 0 Å². The molecule has 0 bridgehead atoms. The Morgan fingerprint density at radius 1 is 1.41 bits per heavy atom. The maximum atomic E-state index is 12.0. The summed E-state index contributed by atoms with van der Waals surface area (Å²) < 4.78 is 0. The highest BCUT2D eigenvalue weighted by molar-refractivity contribution is 5.78. The van der Waals surface area contributed by atoms with E-state index >= 15 is 0 Å². The lowest BCUT2D eigenvalue weighted by Gasteiger charge is -2.17. The Labute approximate surface area is 132 Å². The molecule has 2 unspecified atom stereocenters. The summed E-state index contributed by atoms with van der Waals surface area (Å²) in [6.45, 7) is 4.49. The molecule has 0 saturated carbocycles. The van der Waals surface area contributed by atoms with E-state index in [1.807, 2.05) is 38.1 Å². The summed E-state index contributed by atoms with van der Waals surface area (Å²) >= 11 is 0. The molecule has 22 heavy (non-hydrogen) atoms. The lowest BCUT2D eigenvalue weighted by molar-refractivity contribution is -0.122. The van der Waals surface area contributed by atoms with Crippen molar-refractivity contribution in [3.8, 4) is 0 Å². The normalized spacial score (nSPS) is 19.9. The van der Waals surface area contributed by atoms with Gasteiger partial charge in [0, 0.05) is 32.9 Å². The average molecular weight is 305 g/mol. The summed E-state index contributed by atoms with van der Waals surface area (Å²) in [7, 11) is 4.01. The molecule has 0 spiro atoms. The Morgan fingerprint density at radius 2 is 2.09 bits per heavy atom. The first-order valence-corrected chi connectivity index (χ1v) is 7.89. The molecular formula is C17H27N3O2. The van der Waals surface area contributed by atoms with Crippen LogP contribution in [0.2, 0.25) is 0 Å². The largest absolute Gasteiger partial charge is 0.393 e. The molecule has 122 valence electrons. The number of nitrogens with one attached hydrogen (secondary N) is 1. The molecule has 1 aliphatic heterocycles. The van der Waals surface area contributed by atoms with Crippen molar-refractivity contribution in [2.24, 2.45) is 5.92 Å². The summed E-state index contributed by atoms with van der Waals surface area (Å²) in [5.41, 5.74) is 2.25. The number of carbonyl (C=O) groups is 1. The van der Waals surface area contributed by atoms with Crippen molar-refractivity contribution in [2.45, 2.75) is 26.0 Å². The van der Waals surface area contributed by atoms with E-state index in [0.717, 1.165) is 30.8 Å². The van der Waals surface area contributed by atoms with E-state index in [0.29, 0.717) is 19.0 Å². The number of nitrogens with zero attached hydrogens (tertiary/aromatic N) is 2. The predicted octanol–water partition coefficient (Wildman–Crippen LogP) is 1.07. The topological polar surface area (TPSA) is 55.8 Å². The molecule has 1 saturated heterocycles. The zero-order chi connectivity index (χ0) is 16.1. The maximum Gasteiger partial charge on any atom is 0.234 e. The number of likely N-dealkylation sites (tertiary alicyclic amines) is 1. The van der Waals surface area contributed by atoms with Gasteiger partial charge in [0.25, 0.3) is 0 Å². The minimum atomic E-state index is -0.289. The molecule has 5 heteroatoms. The smallest absolute Gasteiger partial charge is 0.234 e. The Kier molecular flexibility index (Phi) is 5.80. The summed E-state index contributed by atoms with van der Waals surface area (Å²) in [4.78, 5) is 16.2. The third kappa shape index (κ3) is 4.71. The number of aliphatic hydroxyl groups is 1. The molecule has 5 nitrogen and oxygen atoms in total. The van der Waals surface area contributed by atoms with Crippen LogP contribution in [0.5, 0.6) is 0 Å². The highest BCUT2D eigenvalue weighted by Crippen LogP contribution is 2.19. The molecule has 0 aromatic heterocycles. The first-order valence-electron chi connectivity index (χ1n) is 7.89. The second-order valence-electron chi connectivity index (χ2n) is 6.36. The van der Waals surface area contributed by atoms with Crippen LogP contribution in [-0.2, 0) is 11.3 Å².